The lowest BCUT2D eigenvalue weighted by atomic mass is 9.92. The number of piperidine rings is 1. The van der Waals surface area contributed by atoms with Crippen LogP contribution >= 0.6 is 11.6 Å². The highest BCUT2D eigenvalue weighted by Gasteiger charge is 2.20. The van der Waals surface area contributed by atoms with E-state index in [-0.39, 0.29) is 5.78 Å². The molecule has 1 saturated heterocycles. The molecule has 0 spiro atoms. The van der Waals surface area contributed by atoms with Gasteiger partial charge in [-0.05, 0) is 44.0 Å². The van der Waals surface area contributed by atoms with E-state index in [0.29, 0.717) is 11.6 Å². The fourth-order valence-corrected chi connectivity index (χ4v) is 2.99. The number of Topliss-reactive ketones (excluding diaryl/α,β-unsaturated/α-hetero) is 1. The van der Waals surface area contributed by atoms with Gasteiger partial charge in [-0.1, -0.05) is 43.5 Å². The number of carbonyl (C=O) groups excluding carboxylic acids is 1. The van der Waals surface area contributed by atoms with Gasteiger partial charge in [-0.3, -0.25) is 9.69 Å². The largest absolute Gasteiger partial charge is 0.296 e. The second kappa shape index (κ2) is 7.06. The van der Waals surface area contributed by atoms with E-state index >= 15 is 0 Å². The molecule has 1 aromatic rings. The smallest absolute Gasteiger partial charge is 0.176 e. The fraction of sp³-hybridized carbons (Fsp3) is 0.562. The maximum Gasteiger partial charge on any atom is 0.176 e. The maximum atomic E-state index is 12.2. The van der Waals surface area contributed by atoms with Crippen LogP contribution in [0.3, 0.4) is 0 Å². The predicted molar refractivity (Wildman–Crippen MR) is 79.9 cm³/mol. The van der Waals surface area contributed by atoms with Gasteiger partial charge in [-0.15, -0.1) is 0 Å². The van der Waals surface area contributed by atoms with Crippen LogP contribution in [-0.4, -0.2) is 30.3 Å². The first-order chi connectivity index (χ1) is 9.19. The highest BCUT2D eigenvalue weighted by molar-refractivity contribution is 6.31. The Hall–Kier alpha value is -0.860. The number of likely N-dealkylation sites (tertiary alicyclic amines) is 1. The fourth-order valence-electron chi connectivity index (χ4n) is 2.80. The lowest BCUT2D eigenvalue weighted by Crippen LogP contribution is -2.37. The first-order valence-electron chi connectivity index (χ1n) is 7.20. The van der Waals surface area contributed by atoms with Crippen LogP contribution in [0.2, 0.25) is 5.02 Å². The van der Waals surface area contributed by atoms with E-state index in [4.69, 9.17) is 11.6 Å². The SMILES string of the molecule is CCCC1CCN(CC(=O)c2cccc(Cl)c2)CC1. The Morgan fingerprint density at radius 2 is 2.11 bits per heavy atom. The van der Waals surface area contributed by atoms with Crippen LogP contribution in [0, 0.1) is 5.92 Å². The van der Waals surface area contributed by atoms with E-state index in [1.165, 1.54) is 25.7 Å². The summed E-state index contributed by atoms with van der Waals surface area (Å²) in [4.78, 5) is 14.4. The average Bonchev–Trinajstić information content (AvgIpc) is 2.41. The Labute approximate surface area is 120 Å². The topological polar surface area (TPSA) is 20.3 Å². The normalized spacial score (nSPS) is 17.6. The van der Waals surface area contributed by atoms with E-state index in [1.807, 2.05) is 12.1 Å². The minimum atomic E-state index is 0.177. The van der Waals surface area contributed by atoms with E-state index in [9.17, 15) is 4.79 Å². The summed E-state index contributed by atoms with van der Waals surface area (Å²) in [7, 11) is 0. The van der Waals surface area contributed by atoms with Gasteiger partial charge in [0.2, 0.25) is 0 Å². The Kier molecular flexibility index (Phi) is 5.41. The number of hydrogen-bond acceptors (Lipinski definition) is 2. The molecule has 0 radical (unpaired) electrons. The van der Waals surface area contributed by atoms with Crippen molar-refractivity contribution in [1.82, 2.24) is 4.90 Å². The zero-order valence-electron chi connectivity index (χ0n) is 11.6. The summed E-state index contributed by atoms with van der Waals surface area (Å²) in [6, 6.07) is 7.24. The molecule has 3 heteroatoms. The quantitative estimate of drug-likeness (QED) is 0.759. The zero-order valence-corrected chi connectivity index (χ0v) is 12.3. The van der Waals surface area contributed by atoms with Gasteiger partial charge in [0.1, 0.15) is 0 Å². The number of ketones is 1. The molecule has 0 aliphatic carbocycles. The highest BCUT2D eigenvalue weighted by Crippen LogP contribution is 2.22. The third kappa shape index (κ3) is 4.32. The first kappa shape index (κ1) is 14.5. The van der Waals surface area contributed by atoms with Gasteiger partial charge in [-0.25, -0.2) is 0 Å². The molecule has 0 unspecified atom stereocenters. The van der Waals surface area contributed by atoms with Crippen molar-refractivity contribution in [2.45, 2.75) is 32.6 Å². The molecule has 0 saturated carbocycles. The van der Waals surface area contributed by atoms with E-state index in [2.05, 4.69) is 11.8 Å². The maximum absolute atomic E-state index is 12.2. The summed E-state index contributed by atoms with van der Waals surface area (Å²) in [6.45, 7) is 4.88. The number of rotatable bonds is 5. The minimum Gasteiger partial charge on any atom is -0.296 e. The summed E-state index contributed by atoms with van der Waals surface area (Å²) < 4.78 is 0. The summed E-state index contributed by atoms with van der Waals surface area (Å²) in [5.41, 5.74) is 0.725. The molecule has 2 nitrogen and oxygen atoms in total. The first-order valence-corrected chi connectivity index (χ1v) is 7.58. The number of carbonyl (C=O) groups is 1. The predicted octanol–water partition coefficient (Wildman–Crippen LogP) is 4.03. The van der Waals surface area contributed by atoms with Crippen molar-refractivity contribution in [1.29, 1.82) is 0 Å². The standard InChI is InChI=1S/C16H22ClNO/c1-2-4-13-7-9-18(10-8-13)12-16(19)14-5-3-6-15(17)11-14/h3,5-6,11,13H,2,4,7-10,12H2,1H3. The molecule has 1 aliphatic rings. The molecule has 0 aromatic heterocycles. The molecular formula is C16H22ClNO. The van der Waals surface area contributed by atoms with E-state index in [0.717, 1.165) is 24.6 Å². The molecule has 1 heterocycles. The van der Waals surface area contributed by atoms with Crippen molar-refractivity contribution in [3.63, 3.8) is 0 Å². The monoisotopic (exact) mass is 279 g/mol. The number of hydrogen-bond donors (Lipinski definition) is 0. The summed E-state index contributed by atoms with van der Waals surface area (Å²) in [5.74, 6) is 1.04. The van der Waals surface area contributed by atoms with Gasteiger partial charge < -0.3 is 0 Å². The number of halogens is 1. The van der Waals surface area contributed by atoms with Crippen molar-refractivity contribution >= 4 is 17.4 Å². The number of nitrogens with zero attached hydrogens (tertiary/aromatic N) is 1. The average molecular weight is 280 g/mol. The molecule has 1 aromatic carbocycles. The Bertz CT molecular complexity index is 425. The van der Waals surface area contributed by atoms with Crippen LogP contribution in [0.25, 0.3) is 0 Å². The van der Waals surface area contributed by atoms with Gasteiger partial charge >= 0.3 is 0 Å². The van der Waals surface area contributed by atoms with Crippen LogP contribution in [0.1, 0.15) is 43.0 Å². The lowest BCUT2D eigenvalue weighted by molar-refractivity contribution is 0.0893. The van der Waals surface area contributed by atoms with Crippen LogP contribution in [0.15, 0.2) is 24.3 Å². The van der Waals surface area contributed by atoms with Crippen molar-refractivity contribution < 1.29 is 4.79 Å². The van der Waals surface area contributed by atoms with Gasteiger partial charge in [-0.2, -0.15) is 0 Å². The van der Waals surface area contributed by atoms with Gasteiger partial charge in [0.15, 0.2) is 5.78 Å². The second-order valence-corrected chi connectivity index (χ2v) is 5.88. The van der Waals surface area contributed by atoms with Crippen LogP contribution < -0.4 is 0 Å². The second-order valence-electron chi connectivity index (χ2n) is 5.44. The highest BCUT2D eigenvalue weighted by atomic mass is 35.5. The summed E-state index contributed by atoms with van der Waals surface area (Å²) >= 11 is 5.92. The van der Waals surface area contributed by atoms with Crippen molar-refractivity contribution in [3.05, 3.63) is 34.9 Å². The Balaban J connectivity index is 1.84. The third-order valence-corrected chi connectivity index (χ3v) is 4.15. The molecular weight excluding hydrogens is 258 g/mol. The molecule has 0 bridgehead atoms. The molecule has 1 fully saturated rings. The summed E-state index contributed by atoms with van der Waals surface area (Å²) in [6.07, 6.45) is 5.07. The lowest BCUT2D eigenvalue weighted by Gasteiger charge is -2.31. The van der Waals surface area contributed by atoms with Crippen molar-refractivity contribution in [2.75, 3.05) is 19.6 Å². The number of benzene rings is 1. The molecule has 2 rings (SSSR count). The molecule has 0 N–H and O–H groups in total. The van der Waals surface area contributed by atoms with E-state index < -0.39 is 0 Å². The zero-order chi connectivity index (χ0) is 13.7. The van der Waals surface area contributed by atoms with Crippen molar-refractivity contribution in [3.8, 4) is 0 Å². The Morgan fingerprint density at radius 3 is 2.74 bits per heavy atom. The van der Waals surface area contributed by atoms with E-state index in [1.54, 1.807) is 12.1 Å². The van der Waals surface area contributed by atoms with Crippen LogP contribution in [0.4, 0.5) is 0 Å². The molecule has 19 heavy (non-hydrogen) atoms. The molecule has 0 atom stereocenters. The molecule has 1 aliphatic heterocycles. The van der Waals surface area contributed by atoms with Crippen molar-refractivity contribution in [2.24, 2.45) is 5.92 Å². The van der Waals surface area contributed by atoms with Gasteiger partial charge in [0.05, 0.1) is 6.54 Å². The summed E-state index contributed by atoms with van der Waals surface area (Å²) in [5, 5.41) is 0.632. The minimum absolute atomic E-state index is 0.177. The molecule has 0 amide bonds. The molecule has 104 valence electrons. The third-order valence-electron chi connectivity index (χ3n) is 3.92. The Morgan fingerprint density at radius 1 is 1.37 bits per heavy atom. The van der Waals surface area contributed by atoms with Gasteiger partial charge in [0.25, 0.3) is 0 Å². The van der Waals surface area contributed by atoms with Gasteiger partial charge in [0, 0.05) is 10.6 Å². The van der Waals surface area contributed by atoms with Crippen LogP contribution in [-0.2, 0) is 0 Å². The van der Waals surface area contributed by atoms with Crippen LogP contribution in [0.5, 0.6) is 0 Å².